The summed E-state index contributed by atoms with van der Waals surface area (Å²) in [7, 11) is 0. The number of carbonyl (C=O) groups is 2. The quantitative estimate of drug-likeness (QED) is 0.911. The van der Waals surface area contributed by atoms with Gasteiger partial charge in [-0.05, 0) is 49.8 Å². The van der Waals surface area contributed by atoms with E-state index in [0.29, 0.717) is 12.3 Å². The van der Waals surface area contributed by atoms with E-state index < -0.39 is 6.04 Å². The molecule has 2 amide bonds. The van der Waals surface area contributed by atoms with Gasteiger partial charge in [0.25, 0.3) is 5.91 Å². The van der Waals surface area contributed by atoms with E-state index in [-0.39, 0.29) is 17.9 Å². The first-order valence-electron chi connectivity index (χ1n) is 7.43. The summed E-state index contributed by atoms with van der Waals surface area (Å²) in [6, 6.07) is 5.01. The molecule has 0 aromatic heterocycles. The second kappa shape index (κ2) is 5.44. The number of carbonyl (C=O) groups excluding carboxylic acids is 2. The summed E-state index contributed by atoms with van der Waals surface area (Å²) in [5.74, 6) is 0.313. The van der Waals surface area contributed by atoms with E-state index in [1.165, 1.54) is 0 Å². The van der Waals surface area contributed by atoms with Crippen LogP contribution in [0.15, 0.2) is 22.7 Å². The van der Waals surface area contributed by atoms with Crippen molar-refractivity contribution in [2.24, 2.45) is 5.92 Å². The van der Waals surface area contributed by atoms with Crippen LogP contribution in [0.3, 0.4) is 0 Å². The second-order valence-corrected chi connectivity index (χ2v) is 6.69. The minimum Gasteiger partial charge on any atom is -0.342 e. The summed E-state index contributed by atoms with van der Waals surface area (Å²) in [5, 5.41) is 2.92. The average molecular weight is 351 g/mol. The van der Waals surface area contributed by atoms with Crippen LogP contribution in [0.25, 0.3) is 0 Å². The maximum atomic E-state index is 12.9. The monoisotopic (exact) mass is 350 g/mol. The molecule has 1 saturated heterocycles. The van der Waals surface area contributed by atoms with Crippen LogP contribution >= 0.6 is 15.9 Å². The Morgan fingerprint density at radius 1 is 1.33 bits per heavy atom. The lowest BCUT2D eigenvalue weighted by Gasteiger charge is -2.39. The van der Waals surface area contributed by atoms with Crippen LogP contribution in [0.1, 0.15) is 31.7 Å². The summed E-state index contributed by atoms with van der Waals surface area (Å²) >= 11 is 3.51. The summed E-state index contributed by atoms with van der Waals surface area (Å²) in [4.78, 5) is 27.0. The Labute approximate surface area is 133 Å². The molecule has 1 heterocycles. The van der Waals surface area contributed by atoms with Gasteiger partial charge in [0.1, 0.15) is 12.1 Å². The zero-order chi connectivity index (χ0) is 15.1. The molecule has 1 aromatic rings. The molecule has 2 aliphatic rings. The third-order valence-corrected chi connectivity index (χ3v) is 5.25. The fourth-order valence-corrected chi connectivity index (χ4v) is 3.35. The minimum atomic E-state index is -0.416. The first-order chi connectivity index (χ1) is 10.0. The second-order valence-electron chi connectivity index (χ2n) is 5.84. The molecule has 2 fully saturated rings. The number of hydrogen-bond acceptors (Lipinski definition) is 2. The van der Waals surface area contributed by atoms with Crippen molar-refractivity contribution in [3.63, 3.8) is 0 Å². The van der Waals surface area contributed by atoms with Gasteiger partial charge in [0.05, 0.1) is 0 Å². The number of nitrogens with one attached hydrogen (secondary N) is 1. The minimum absolute atomic E-state index is 0.0325. The first-order valence-corrected chi connectivity index (χ1v) is 8.22. The molecule has 21 heavy (non-hydrogen) atoms. The SMILES string of the molecule is CCC1C(=O)NC(C2CC2)C(=O)N1c1cccc(Br)c1C. The van der Waals surface area contributed by atoms with Crippen LogP contribution in [0.2, 0.25) is 0 Å². The molecule has 1 aliphatic heterocycles. The fraction of sp³-hybridized carbons (Fsp3) is 0.500. The van der Waals surface area contributed by atoms with E-state index in [0.717, 1.165) is 28.6 Å². The number of amides is 2. The van der Waals surface area contributed by atoms with Crippen molar-refractivity contribution >= 4 is 33.4 Å². The topological polar surface area (TPSA) is 49.4 Å². The van der Waals surface area contributed by atoms with E-state index >= 15 is 0 Å². The molecule has 112 valence electrons. The molecule has 1 aliphatic carbocycles. The normalized spacial score (nSPS) is 26.0. The Hall–Kier alpha value is -1.36. The Bertz CT molecular complexity index is 598. The lowest BCUT2D eigenvalue weighted by atomic mass is 9.99. The summed E-state index contributed by atoms with van der Waals surface area (Å²) in [5.41, 5.74) is 1.83. The highest BCUT2D eigenvalue weighted by molar-refractivity contribution is 9.10. The summed E-state index contributed by atoms with van der Waals surface area (Å²) < 4.78 is 0.955. The third kappa shape index (κ3) is 2.48. The maximum absolute atomic E-state index is 12.9. The first kappa shape index (κ1) is 14.6. The van der Waals surface area contributed by atoms with Crippen LogP contribution in [0, 0.1) is 12.8 Å². The standard InChI is InChI=1S/C16H19BrN2O2/c1-3-12-15(20)18-14(10-7-8-10)16(21)19(12)13-6-4-5-11(17)9(13)2/h4-6,10,12,14H,3,7-8H2,1-2H3,(H,18,20). The Kier molecular flexibility index (Phi) is 3.78. The predicted molar refractivity (Wildman–Crippen MR) is 85.1 cm³/mol. The zero-order valence-corrected chi connectivity index (χ0v) is 13.8. The Morgan fingerprint density at radius 2 is 2.05 bits per heavy atom. The van der Waals surface area contributed by atoms with Crippen molar-refractivity contribution in [3.05, 3.63) is 28.2 Å². The molecular weight excluding hydrogens is 332 g/mol. The number of hydrogen-bond donors (Lipinski definition) is 1. The van der Waals surface area contributed by atoms with Gasteiger partial charge in [0.2, 0.25) is 5.91 Å². The molecule has 5 heteroatoms. The summed E-state index contributed by atoms with van der Waals surface area (Å²) in [6.07, 6.45) is 2.67. The molecule has 0 radical (unpaired) electrons. The van der Waals surface area contributed by atoms with Gasteiger partial charge in [-0.2, -0.15) is 0 Å². The average Bonchev–Trinajstić information content (AvgIpc) is 3.28. The highest BCUT2D eigenvalue weighted by atomic mass is 79.9. The molecule has 1 aromatic carbocycles. The number of piperazine rings is 1. The molecule has 1 N–H and O–H groups in total. The molecular formula is C16H19BrN2O2. The van der Waals surface area contributed by atoms with Crippen LogP contribution < -0.4 is 10.2 Å². The van der Waals surface area contributed by atoms with E-state index in [1.54, 1.807) is 4.90 Å². The van der Waals surface area contributed by atoms with Gasteiger partial charge in [-0.25, -0.2) is 0 Å². The molecule has 3 rings (SSSR count). The molecule has 1 saturated carbocycles. The molecule has 2 atom stereocenters. The lowest BCUT2D eigenvalue weighted by molar-refractivity contribution is -0.134. The number of nitrogens with zero attached hydrogens (tertiary/aromatic N) is 1. The van der Waals surface area contributed by atoms with Crippen molar-refractivity contribution in [1.82, 2.24) is 5.32 Å². The highest BCUT2D eigenvalue weighted by Gasteiger charge is 2.47. The van der Waals surface area contributed by atoms with E-state index in [4.69, 9.17) is 0 Å². The maximum Gasteiger partial charge on any atom is 0.250 e. The van der Waals surface area contributed by atoms with Crippen molar-refractivity contribution < 1.29 is 9.59 Å². The van der Waals surface area contributed by atoms with Gasteiger partial charge < -0.3 is 5.32 Å². The van der Waals surface area contributed by atoms with Gasteiger partial charge in [-0.1, -0.05) is 28.9 Å². The number of benzene rings is 1. The van der Waals surface area contributed by atoms with Gasteiger partial charge >= 0.3 is 0 Å². The summed E-state index contributed by atoms with van der Waals surface area (Å²) in [6.45, 7) is 3.91. The van der Waals surface area contributed by atoms with Crippen molar-refractivity contribution in [2.75, 3.05) is 4.90 Å². The third-order valence-electron chi connectivity index (χ3n) is 4.39. The lowest BCUT2D eigenvalue weighted by Crippen LogP contribution is -2.64. The van der Waals surface area contributed by atoms with Crippen LogP contribution in [0.4, 0.5) is 5.69 Å². The number of anilines is 1. The zero-order valence-electron chi connectivity index (χ0n) is 12.2. The van der Waals surface area contributed by atoms with Crippen LogP contribution in [-0.2, 0) is 9.59 Å². The van der Waals surface area contributed by atoms with Gasteiger partial charge in [-0.15, -0.1) is 0 Å². The van der Waals surface area contributed by atoms with Crippen molar-refractivity contribution in [3.8, 4) is 0 Å². The molecule has 4 nitrogen and oxygen atoms in total. The van der Waals surface area contributed by atoms with Gasteiger partial charge in [0.15, 0.2) is 0 Å². The molecule has 2 unspecified atom stereocenters. The van der Waals surface area contributed by atoms with Gasteiger partial charge in [-0.3, -0.25) is 14.5 Å². The van der Waals surface area contributed by atoms with Crippen LogP contribution in [-0.4, -0.2) is 23.9 Å². The number of halogens is 1. The van der Waals surface area contributed by atoms with E-state index in [1.807, 2.05) is 32.0 Å². The molecule has 0 bridgehead atoms. The smallest absolute Gasteiger partial charge is 0.250 e. The van der Waals surface area contributed by atoms with Gasteiger partial charge in [0, 0.05) is 10.2 Å². The number of rotatable bonds is 3. The Balaban J connectivity index is 2.04. The highest BCUT2D eigenvalue weighted by Crippen LogP contribution is 2.38. The van der Waals surface area contributed by atoms with Crippen molar-refractivity contribution in [1.29, 1.82) is 0 Å². The van der Waals surface area contributed by atoms with E-state index in [9.17, 15) is 9.59 Å². The van der Waals surface area contributed by atoms with Crippen LogP contribution in [0.5, 0.6) is 0 Å². The fourth-order valence-electron chi connectivity index (χ4n) is 2.99. The largest absolute Gasteiger partial charge is 0.342 e. The Morgan fingerprint density at radius 3 is 2.67 bits per heavy atom. The molecule has 0 spiro atoms. The van der Waals surface area contributed by atoms with E-state index in [2.05, 4.69) is 21.2 Å². The van der Waals surface area contributed by atoms with Crippen molar-refractivity contribution in [2.45, 2.75) is 45.2 Å². The predicted octanol–water partition coefficient (Wildman–Crippen LogP) is 2.78.